The van der Waals surface area contributed by atoms with Crippen LogP contribution in [0.2, 0.25) is 0 Å². The van der Waals surface area contributed by atoms with Crippen molar-refractivity contribution in [2.45, 2.75) is 68.9 Å². The molecule has 4 nitrogen and oxygen atoms in total. The van der Waals surface area contributed by atoms with Gasteiger partial charge in [0.05, 0.1) is 29.5 Å². The summed E-state index contributed by atoms with van der Waals surface area (Å²) in [4.78, 5) is 0. The molecule has 0 spiro atoms. The summed E-state index contributed by atoms with van der Waals surface area (Å²) in [5.41, 5.74) is 3.76. The topological polar surface area (TPSA) is 50.8 Å². The smallest absolute Gasteiger partial charge is 0.112 e. The molecule has 2 aromatic carbocycles. The van der Waals surface area contributed by atoms with E-state index in [4.69, 9.17) is 9.84 Å². The Hall–Kier alpha value is -2.90. The van der Waals surface area contributed by atoms with E-state index in [2.05, 4.69) is 59.3 Å². The summed E-state index contributed by atoms with van der Waals surface area (Å²) < 4.78 is 9.02. The predicted octanol–water partition coefficient (Wildman–Crippen LogP) is 6.62. The van der Waals surface area contributed by atoms with Crippen LogP contribution in [0.15, 0.2) is 66.7 Å². The lowest BCUT2D eigenvalue weighted by molar-refractivity contribution is -0.0912. The quantitative estimate of drug-likeness (QED) is 0.387. The molecule has 3 aromatic rings. The van der Waals surface area contributed by atoms with Crippen LogP contribution in [0, 0.1) is 23.2 Å². The van der Waals surface area contributed by atoms with Gasteiger partial charge in [-0.15, -0.1) is 0 Å². The van der Waals surface area contributed by atoms with Crippen LogP contribution in [0.5, 0.6) is 0 Å². The summed E-state index contributed by atoms with van der Waals surface area (Å²) in [6.45, 7) is 1.79. The van der Waals surface area contributed by atoms with Gasteiger partial charge in [-0.2, -0.15) is 10.4 Å². The average Bonchev–Trinajstić information content (AvgIpc) is 3.83. The molecule has 0 aliphatic heterocycles. The van der Waals surface area contributed by atoms with Gasteiger partial charge >= 0.3 is 0 Å². The third kappa shape index (κ3) is 4.18. The highest BCUT2D eigenvalue weighted by Gasteiger charge is 2.48. The molecule has 174 valence electrons. The fourth-order valence-corrected chi connectivity index (χ4v) is 5.50. The van der Waals surface area contributed by atoms with Crippen LogP contribution in [0.25, 0.3) is 11.3 Å². The number of hydrogen-bond donors (Lipinski definition) is 0. The molecule has 3 aliphatic carbocycles. The molecular formula is C30H33N3O. The summed E-state index contributed by atoms with van der Waals surface area (Å²) in [5, 5.41) is 15.5. The molecule has 0 amide bonds. The maximum atomic E-state index is 10.3. The number of hydrogen-bond acceptors (Lipinski definition) is 3. The first-order chi connectivity index (χ1) is 16.7. The van der Waals surface area contributed by atoms with Crippen LogP contribution < -0.4 is 0 Å². The molecular weight excluding hydrogens is 418 g/mol. The lowest BCUT2D eigenvalue weighted by atomic mass is 9.65. The van der Waals surface area contributed by atoms with Crippen molar-refractivity contribution in [3.63, 3.8) is 0 Å². The highest BCUT2D eigenvalue weighted by Crippen LogP contribution is 2.50. The maximum absolute atomic E-state index is 10.3. The number of nitrogens with zero attached hydrogens (tertiary/aromatic N) is 3. The van der Waals surface area contributed by atoms with Crippen LogP contribution in [0.4, 0.5) is 0 Å². The second kappa shape index (κ2) is 8.71. The molecule has 34 heavy (non-hydrogen) atoms. The van der Waals surface area contributed by atoms with Gasteiger partial charge in [0, 0.05) is 6.54 Å². The van der Waals surface area contributed by atoms with Gasteiger partial charge < -0.3 is 4.74 Å². The van der Waals surface area contributed by atoms with Crippen LogP contribution in [0.3, 0.4) is 0 Å². The van der Waals surface area contributed by atoms with Crippen LogP contribution in [-0.2, 0) is 22.3 Å². The van der Waals surface area contributed by atoms with Gasteiger partial charge in [0.2, 0.25) is 0 Å². The minimum absolute atomic E-state index is 0.407. The molecule has 3 aliphatic rings. The van der Waals surface area contributed by atoms with E-state index in [9.17, 15) is 5.26 Å². The number of ether oxygens (including phenoxy) is 1. The Morgan fingerprint density at radius 2 is 1.53 bits per heavy atom. The monoisotopic (exact) mass is 451 g/mol. The zero-order valence-electron chi connectivity index (χ0n) is 19.8. The average molecular weight is 452 g/mol. The largest absolute Gasteiger partial charge is 0.368 e. The third-order valence-electron chi connectivity index (χ3n) is 8.19. The molecule has 0 radical (unpaired) electrons. The van der Waals surface area contributed by atoms with Gasteiger partial charge in [0.25, 0.3) is 0 Å². The normalized spacial score (nSPS) is 26.8. The molecule has 6 rings (SSSR count). The van der Waals surface area contributed by atoms with Gasteiger partial charge in [-0.3, -0.25) is 4.68 Å². The maximum Gasteiger partial charge on any atom is 0.112 e. The Morgan fingerprint density at radius 3 is 2.15 bits per heavy atom. The molecule has 1 aromatic heterocycles. The number of rotatable bonds is 8. The summed E-state index contributed by atoms with van der Waals surface area (Å²) in [6.07, 6.45) is 8.40. The molecule has 0 N–H and O–H groups in total. The standard InChI is InChI=1S/C30H33N3O/c31-22-29(26-9-5-2-6-10-26)15-17-30(18-16-29,34-21-24-13-14-24)28-19-27(25-7-3-1-4-8-25)33(32-28)20-23-11-12-23/h1-10,19,23-24H,11-18,20-21H2. The summed E-state index contributed by atoms with van der Waals surface area (Å²) >= 11 is 0. The minimum atomic E-state index is -0.438. The van der Waals surface area contributed by atoms with Gasteiger partial charge in [-0.05, 0) is 80.4 Å². The summed E-state index contributed by atoms with van der Waals surface area (Å²) in [5.74, 6) is 1.44. The fraction of sp³-hybridized carbons (Fsp3) is 0.467. The molecule has 0 bridgehead atoms. The Labute approximate surface area is 202 Å². The summed E-state index contributed by atoms with van der Waals surface area (Å²) in [7, 11) is 0. The summed E-state index contributed by atoms with van der Waals surface area (Å²) in [6, 6.07) is 26.0. The molecule has 0 saturated heterocycles. The lowest BCUT2D eigenvalue weighted by Crippen LogP contribution is -2.41. The van der Waals surface area contributed by atoms with Gasteiger partial charge in [-0.25, -0.2) is 0 Å². The Kier molecular flexibility index (Phi) is 5.54. The predicted molar refractivity (Wildman–Crippen MR) is 133 cm³/mol. The van der Waals surface area contributed by atoms with E-state index in [-0.39, 0.29) is 0 Å². The van der Waals surface area contributed by atoms with E-state index in [1.54, 1.807) is 0 Å². The molecule has 0 unspecified atom stereocenters. The van der Waals surface area contributed by atoms with E-state index in [1.165, 1.54) is 36.9 Å². The van der Waals surface area contributed by atoms with E-state index >= 15 is 0 Å². The van der Waals surface area contributed by atoms with Crippen molar-refractivity contribution in [3.8, 4) is 17.3 Å². The first kappa shape index (κ1) is 21.6. The SMILES string of the molecule is N#CC1(c2ccccc2)CCC(OCC2CC2)(c2cc(-c3ccccc3)n(CC3CC3)n2)CC1. The van der Waals surface area contributed by atoms with E-state index in [0.717, 1.165) is 56.0 Å². The van der Waals surface area contributed by atoms with Crippen LogP contribution in [-0.4, -0.2) is 16.4 Å². The molecule has 3 saturated carbocycles. The number of aromatic nitrogens is 2. The third-order valence-corrected chi connectivity index (χ3v) is 8.19. The Balaban J connectivity index is 1.35. The zero-order chi connectivity index (χ0) is 23.0. The Bertz CT molecular complexity index is 1160. The lowest BCUT2D eigenvalue weighted by Gasteiger charge is -2.42. The van der Waals surface area contributed by atoms with Crippen molar-refractivity contribution in [1.29, 1.82) is 5.26 Å². The van der Waals surface area contributed by atoms with E-state index in [0.29, 0.717) is 5.92 Å². The number of benzene rings is 2. The zero-order valence-corrected chi connectivity index (χ0v) is 19.8. The molecule has 4 heteroatoms. The fourth-order valence-electron chi connectivity index (χ4n) is 5.50. The Morgan fingerprint density at radius 1 is 0.882 bits per heavy atom. The van der Waals surface area contributed by atoms with Crippen molar-refractivity contribution >= 4 is 0 Å². The van der Waals surface area contributed by atoms with Crippen molar-refractivity contribution in [2.24, 2.45) is 11.8 Å². The van der Waals surface area contributed by atoms with Crippen LogP contribution in [0.1, 0.15) is 62.6 Å². The molecule has 0 atom stereocenters. The highest BCUT2D eigenvalue weighted by molar-refractivity contribution is 5.60. The second-order valence-corrected chi connectivity index (χ2v) is 10.7. The first-order valence-electron chi connectivity index (χ1n) is 12.9. The second-order valence-electron chi connectivity index (χ2n) is 10.7. The van der Waals surface area contributed by atoms with Crippen LogP contribution >= 0.6 is 0 Å². The minimum Gasteiger partial charge on any atom is -0.368 e. The highest BCUT2D eigenvalue weighted by atomic mass is 16.5. The van der Waals surface area contributed by atoms with E-state index in [1.807, 2.05) is 18.2 Å². The van der Waals surface area contributed by atoms with Crippen molar-refractivity contribution in [1.82, 2.24) is 9.78 Å². The molecule has 1 heterocycles. The van der Waals surface area contributed by atoms with Crippen molar-refractivity contribution in [3.05, 3.63) is 78.0 Å². The van der Waals surface area contributed by atoms with E-state index < -0.39 is 11.0 Å². The van der Waals surface area contributed by atoms with Gasteiger partial charge in [0.15, 0.2) is 0 Å². The van der Waals surface area contributed by atoms with Crippen molar-refractivity contribution < 1.29 is 4.74 Å². The number of nitriles is 1. The molecule has 3 fully saturated rings. The first-order valence-corrected chi connectivity index (χ1v) is 12.9. The van der Waals surface area contributed by atoms with Gasteiger partial charge in [-0.1, -0.05) is 60.7 Å². The van der Waals surface area contributed by atoms with Gasteiger partial charge in [0.1, 0.15) is 5.60 Å². The van der Waals surface area contributed by atoms with Crippen molar-refractivity contribution in [2.75, 3.05) is 6.61 Å².